The van der Waals surface area contributed by atoms with Crippen molar-refractivity contribution in [2.75, 3.05) is 45.8 Å². The highest BCUT2D eigenvalue weighted by atomic mass is 16.4. The quantitative estimate of drug-likeness (QED) is 0.850. The Morgan fingerprint density at radius 3 is 2.10 bits per heavy atom. The van der Waals surface area contributed by atoms with Crippen LogP contribution in [-0.2, 0) is 4.79 Å². The van der Waals surface area contributed by atoms with Crippen LogP contribution in [0.2, 0.25) is 0 Å². The van der Waals surface area contributed by atoms with Crippen LogP contribution in [0.1, 0.15) is 32.6 Å². The van der Waals surface area contributed by atoms with Crippen molar-refractivity contribution in [2.45, 2.75) is 32.6 Å². The first-order valence-corrected chi connectivity index (χ1v) is 8.08. The molecule has 120 valence electrons. The molecule has 6 nitrogen and oxygen atoms in total. The highest BCUT2D eigenvalue weighted by molar-refractivity contribution is 5.74. The minimum atomic E-state index is -0.730. The molecule has 0 aliphatic carbocycles. The number of amides is 2. The third-order valence-electron chi connectivity index (χ3n) is 4.53. The van der Waals surface area contributed by atoms with Gasteiger partial charge in [0.25, 0.3) is 0 Å². The summed E-state index contributed by atoms with van der Waals surface area (Å²) in [6, 6.07) is 0.139. The van der Waals surface area contributed by atoms with Gasteiger partial charge < -0.3 is 14.9 Å². The number of rotatable bonds is 4. The van der Waals surface area contributed by atoms with Crippen LogP contribution in [0.3, 0.4) is 0 Å². The summed E-state index contributed by atoms with van der Waals surface area (Å²) >= 11 is 0. The molecule has 0 aromatic heterocycles. The largest absolute Gasteiger partial charge is 0.481 e. The van der Waals surface area contributed by atoms with E-state index in [1.54, 1.807) is 0 Å². The number of hydrogen-bond donors (Lipinski definition) is 1. The summed E-state index contributed by atoms with van der Waals surface area (Å²) in [6.07, 6.45) is 3.02. The van der Waals surface area contributed by atoms with E-state index < -0.39 is 5.97 Å². The zero-order chi connectivity index (χ0) is 15.2. The summed E-state index contributed by atoms with van der Waals surface area (Å²) in [7, 11) is 0. The Labute approximate surface area is 126 Å². The fraction of sp³-hybridized carbons (Fsp3) is 0.867. The molecule has 0 aromatic rings. The van der Waals surface area contributed by atoms with E-state index >= 15 is 0 Å². The first-order chi connectivity index (χ1) is 10.1. The van der Waals surface area contributed by atoms with E-state index in [4.69, 9.17) is 5.11 Å². The topological polar surface area (TPSA) is 64.1 Å². The van der Waals surface area contributed by atoms with Crippen molar-refractivity contribution < 1.29 is 14.7 Å². The number of carbonyl (C=O) groups is 2. The van der Waals surface area contributed by atoms with Crippen molar-refractivity contribution in [3.05, 3.63) is 0 Å². The lowest BCUT2D eigenvalue weighted by atomic mass is 9.94. The van der Waals surface area contributed by atoms with Gasteiger partial charge in [-0.15, -0.1) is 0 Å². The molecule has 2 fully saturated rings. The molecule has 2 aliphatic heterocycles. The van der Waals surface area contributed by atoms with E-state index in [0.29, 0.717) is 13.1 Å². The molecule has 0 bridgehead atoms. The van der Waals surface area contributed by atoms with Crippen molar-refractivity contribution in [3.63, 3.8) is 0 Å². The van der Waals surface area contributed by atoms with E-state index in [1.165, 1.54) is 0 Å². The van der Waals surface area contributed by atoms with Crippen LogP contribution in [-0.4, -0.2) is 77.6 Å². The molecule has 0 spiro atoms. The summed E-state index contributed by atoms with van der Waals surface area (Å²) in [5.41, 5.74) is 0. The molecule has 0 unspecified atom stereocenters. The highest BCUT2D eigenvalue weighted by Gasteiger charge is 2.28. The van der Waals surface area contributed by atoms with E-state index in [-0.39, 0.29) is 18.4 Å². The molecule has 0 radical (unpaired) electrons. The maximum atomic E-state index is 12.5. The van der Waals surface area contributed by atoms with Gasteiger partial charge in [0.2, 0.25) is 0 Å². The lowest BCUT2D eigenvalue weighted by molar-refractivity contribution is -0.138. The first kappa shape index (κ1) is 16.1. The number of hydrogen-bond acceptors (Lipinski definition) is 3. The molecule has 2 aliphatic rings. The molecule has 0 saturated carbocycles. The molecular weight excluding hydrogens is 270 g/mol. The molecule has 0 atom stereocenters. The number of carboxylic acid groups (broad SMARTS) is 1. The van der Waals surface area contributed by atoms with Gasteiger partial charge in [0.05, 0.1) is 0 Å². The standard InChI is InChI=1S/C15H27N3O3/c1-2-5-16-8-10-18(11-9-16)15(21)17-6-3-13(4-7-17)12-14(19)20/h13H,2-12H2,1H3,(H,19,20). The molecular formula is C15H27N3O3. The molecule has 2 saturated heterocycles. The summed E-state index contributed by atoms with van der Waals surface area (Å²) in [4.78, 5) is 29.4. The van der Waals surface area contributed by atoms with Gasteiger partial charge in [0.15, 0.2) is 0 Å². The first-order valence-electron chi connectivity index (χ1n) is 8.08. The van der Waals surface area contributed by atoms with Crippen LogP contribution < -0.4 is 0 Å². The number of piperazine rings is 1. The second kappa shape index (κ2) is 7.64. The van der Waals surface area contributed by atoms with Gasteiger partial charge in [0.1, 0.15) is 0 Å². The van der Waals surface area contributed by atoms with Crippen molar-refractivity contribution in [2.24, 2.45) is 5.92 Å². The fourth-order valence-corrected chi connectivity index (χ4v) is 3.25. The van der Waals surface area contributed by atoms with Crippen LogP contribution in [0.15, 0.2) is 0 Å². The average Bonchev–Trinajstić information content (AvgIpc) is 2.48. The maximum Gasteiger partial charge on any atom is 0.320 e. The minimum Gasteiger partial charge on any atom is -0.481 e. The number of piperidine rings is 1. The number of aliphatic carboxylic acids is 1. The number of nitrogens with zero attached hydrogens (tertiary/aromatic N) is 3. The highest BCUT2D eigenvalue weighted by Crippen LogP contribution is 2.21. The summed E-state index contributed by atoms with van der Waals surface area (Å²) in [6.45, 7) is 8.26. The zero-order valence-corrected chi connectivity index (χ0v) is 13.0. The zero-order valence-electron chi connectivity index (χ0n) is 13.0. The average molecular weight is 297 g/mol. The number of urea groups is 1. The van der Waals surface area contributed by atoms with E-state index in [0.717, 1.165) is 52.0 Å². The van der Waals surface area contributed by atoms with Crippen molar-refractivity contribution in [1.29, 1.82) is 0 Å². The molecule has 0 aromatic carbocycles. The summed E-state index contributed by atoms with van der Waals surface area (Å²) < 4.78 is 0. The Morgan fingerprint density at radius 2 is 1.57 bits per heavy atom. The van der Waals surface area contributed by atoms with Gasteiger partial charge in [-0.2, -0.15) is 0 Å². The van der Waals surface area contributed by atoms with Crippen molar-refractivity contribution in [3.8, 4) is 0 Å². The van der Waals surface area contributed by atoms with Crippen LogP contribution in [0.25, 0.3) is 0 Å². The molecule has 2 rings (SSSR count). The Bertz CT molecular complexity index is 359. The lowest BCUT2D eigenvalue weighted by Crippen LogP contribution is -2.54. The second-order valence-electron chi connectivity index (χ2n) is 6.14. The molecule has 2 heterocycles. The monoisotopic (exact) mass is 297 g/mol. The Kier molecular flexibility index (Phi) is 5.85. The predicted octanol–water partition coefficient (Wildman–Crippen LogP) is 1.32. The van der Waals surface area contributed by atoms with Crippen LogP contribution >= 0.6 is 0 Å². The van der Waals surface area contributed by atoms with Crippen LogP contribution in [0, 0.1) is 5.92 Å². The fourth-order valence-electron chi connectivity index (χ4n) is 3.25. The van der Waals surface area contributed by atoms with Gasteiger partial charge in [-0.3, -0.25) is 9.69 Å². The van der Waals surface area contributed by atoms with E-state index in [1.807, 2.05) is 9.80 Å². The van der Waals surface area contributed by atoms with E-state index in [9.17, 15) is 9.59 Å². The number of carbonyl (C=O) groups excluding carboxylic acids is 1. The van der Waals surface area contributed by atoms with Crippen molar-refractivity contribution in [1.82, 2.24) is 14.7 Å². The molecule has 6 heteroatoms. The third kappa shape index (κ3) is 4.59. The normalized spacial score (nSPS) is 21.6. The lowest BCUT2D eigenvalue weighted by Gasteiger charge is -2.39. The Hall–Kier alpha value is -1.30. The number of likely N-dealkylation sites (tertiary alicyclic amines) is 1. The molecule has 2 amide bonds. The van der Waals surface area contributed by atoms with E-state index in [2.05, 4.69) is 11.8 Å². The third-order valence-corrected chi connectivity index (χ3v) is 4.53. The Morgan fingerprint density at radius 1 is 1.00 bits per heavy atom. The van der Waals surface area contributed by atoms with Gasteiger partial charge in [0, 0.05) is 45.7 Å². The summed E-state index contributed by atoms with van der Waals surface area (Å²) in [5.74, 6) is -0.500. The SMILES string of the molecule is CCCN1CCN(C(=O)N2CCC(CC(=O)O)CC2)CC1. The van der Waals surface area contributed by atoms with Crippen LogP contribution in [0.5, 0.6) is 0 Å². The predicted molar refractivity (Wildman–Crippen MR) is 80.2 cm³/mol. The minimum absolute atomic E-state index is 0.139. The van der Waals surface area contributed by atoms with Gasteiger partial charge in [-0.05, 0) is 31.7 Å². The van der Waals surface area contributed by atoms with Gasteiger partial charge in [-0.25, -0.2) is 4.79 Å². The molecule has 1 N–H and O–H groups in total. The molecule has 21 heavy (non-hydrogen) atoms. The Balaban J connectivity index is 1.74. The maximum absolute atomic E-state index is 12.5. The summed E-state index contributed by atoms with van der Waals surface area (Å²) in [5, 5.41) is 8.82. The van der Waals surface area contributed by atoms with Crippen molar-refractivity contribution >= 4 is 12.0 Å². The van der Waals surface area contributed by atoms with Crippen LogP contribution in [0.4, 0.5) is 4.79 Å². The second-order valence-corrected chi connectivity index (χ2v) is 6.14. The smallest absolute Gasteiger partial charge is 0.320 e. The van der Waals surface area contributed by atoms with Gasteiger partial charge >= 0.3 is 12.0 Å². The van der Waals surface area contributed by atoms with Gasteiger partial charge in [-0.1, -0.05) is 6.92 Å². The number of carboxylic acids is 1.